The van der Waals surface area contributed by atoms with Gasteiger partial charge in [0.05, 0.1) is 0 Å². The maximum absolute atomic E-state index is 2.90. The highest BCUT2D eigenvalue weighted by atomic mass is 28.4. The normalized spacial score (nSPS) is 15.4. The largest absolute Gasteiger partial charge is 0.430 e. The zero-order valence-electron chi connectivity index (χ0n) is 15.3. The van der Waals surface area contributed by atoms with Crippen molar-refractivity contribution in [3.8, 4) is 0 Å². The van der Waals surface area contributed by atoms with E-state index in [1.165, 1.54) is 51.4 Å². The predicted octanol–water partition coefficient (Wildman–Crippen LogP) is 6.07. The second-order valence-electron chi connectivity index (χ2n) is 7.73. The Morgan fingerprint density at radius 3 is 2.24 bits per heavy atom. The van der Waals surface area contributed by atoms with E-state index in [1.807, 2.05) is 0 Å². The summed E-state index contributed by atoms with van der Waals surface area (Å²) in [4.78, 5) is 0. The van der Waals surface area contributed by atoms with Gasteiger partial charge in [0.2, 0.25) is 0 Å². The van der Waals surface area contributed by atoms with Gasteiger partial charge >= 0.3 is 0 Å². The minimum Gasteiger partial charge on any atom is -0.430 e. The van der Waals surface area contributed by atoms with Gasteiger partial charge in [-0.05, 0) is 18.4 Å². The molecule has 0 saturated carbocycles. The number of nitrogens with zero attached hydrogens (tertiary/aromatic N) is 1. The summed E-state index contributed by atoms with van der Waals surface area (Å²) in [6.45, 7) is 14.8. The fourth-order valence-electron chi connectivity index (χ4n) is 3.61. The number of unbranched alkanes of at least 4 members (excludes halogenated alkanes) is 5. The van der Waals surface area contributed by atoms with Crippen LogP contribution in [0.3, 0.4) is 0 Å². The van der Waals surface area contributed by atoms with Gasteiger partial charge in [0, 0.05) is 12.1 Å². The molecule has 0 radical (unpaired) electrons. The first-order chi connectivity index (χ1) is 9.88. The van der Waals surface area contributed by atoms with Crippen molar-refractivity contribution < 1.29 is 0 Å². The average molecular weight is 324 g/mol. The average Bonchev–Trinajstić information content (AvgIpc) is 2.79. The van der Waals surface area contributed by atoms with Gasteiger partial charge in [-0.15, -0.1) is 0 Å². The SMILES string of the molecule is CCCCCCCCC1=C(N([SiH](C)C)[Si](C)(C)C)CC=C1. The Kier molecular flexibility index (Phi) is 8.03. The molecule has 0 N–H and O–H groups in total. The molecule has 1 nitrogen and oxygen atoms in total. The smallest absolute Gasteiger partial charge is 0.138 e. The number of allylic oxidation sites excluding steroid dienone is 3. The number of hydrogen-bond acceptors (Lipinski definition) is 1. The van der Waals surface area contributed by atoms with Crippen LogP contribution in [0.5, 0.6) is 0 Å². The first kappa shape index (κ1) is 18.8. The van der Waals surface area contributed by atoms with Gasteiger partial charge in [0.25, 0.3) is 0 Å². The van der Waals surface area contributed by atoms with Crippen LogP contribution in [0.25, 0.3) is 0 Å². The van der Waals surface area contributed by atoms with E-state index in [0.29, 0.717) is 0 Å². The summed E-state index contributed by atoms with van der Waals surface area (Å²) >= 11 is 0. The van der Waals surface area contributed by atoms with Gasteiger partial charge < -0.3 is 4.23 Å². The quantitative estimate of drug-likeness (QED) is 0.348. The molecule has 0 fully saturated rings. The lowest BCUT2D eigenvalue weighted by molar-refractivity contribution is 0.605. The second-order valence-corrected chi connectivity index (χ2v) is 15.8. The van der Waals surface area contributed by atoms with Crippen LogP contribution in [-0.2, 0) is 0 Å². The monoisotopic (exact) mass is 323 g/mol. The Labute approximate surface area is 136 Å². The summed E-state index contributed by atoms with van der Waals surface area (Å²) in [5.41, 5.74) is 3.36. The Bertz CT molecular complexity index is 364. The predicted molar refractivity (Wildman–Crippen MR) is 103 cm³/mol. The van der Waals surface area contributed by atoms with Gasteiger partial charge in [0.15, 0.2) is 0 Å². The Morgan fingerprint density at radius 1 is 1.05 bits per heavy atom. The molecule has 0 aromatic heterocycles. The highest BCUT2D eigenvalue weighted by molar-refractivity contribution is 6.83. The highest BCUT2D eigenvalue weighted by Gasteiger charge is 2.30. The van der Waals surface area contributed by atoms with Gasteiger partial charge in [-0.25, -0.2) is 0 Å². The van der Waals surface area contributed by atoms with E-state index < -0.39 is 17.2 Å². The van der Waals surface area contributed by atoms with Crippen LogP contribution in [-0.4, -0.2) is 21.4 Å². The van der Waals surface area contributed by atoms with E-state index >= 15 is 0 Å². The van der Waals surface area contributed by atoms with Gasteiger partial charge in [-0.2, -0.15) is 0 Å². The van der Waals surface area contributed by atoms with Gasteiger partial charge in [0.1, 0.15) is 17.2 Å². The lowest BCUT2D eigenvalue weighted by atomic mass is 10.1. The lowest BCUT2D eigenvalue weighted by Gasteiger charge is -2.42. The minimum atomic E-state index is -1.22. The molecule has 0 saturated heterocycles. The Morgan fingerprint density at radius 2 is 1.67 bits per heavy atom. The van der Waals surface area contributed by atoms with E-state index in [2.05, 4.69) is 56.0 Å². The topological polar surface area (TPSA) is 3.24 Å². The molecule has 21 heavy (non-hydrogen) atoms. The lowest BCUT2D eigenvalue weighted by Crippen LogP contribution is -2.51. The van der Waals surface area contributed by atoms with E-state index in [1.54, 1.807) is 11.3 Å². The molecule has 0 heterocycles. The molecule has 1 rings (SSSR count). The van der Waals surface area contributed by atoms with Crippen molar-refractivity contribution in [3.63, 3.8) is 0 Å². The molecule has 0 amide bonds. The van der Waals surface area contributed by atoms with E-state index in [4.69, 9.17) is 0 Å². The zero-order chi connectivity index (χ0) is 15.9. The van der Waals surface area contributed by atoms with Crippen molar-refractivity contribution in [2.75, 3.05) is 0 Å². The maximum Gasteiger partial charge on any atom is 0.138 e. The van der Waals surface area contributed by atoms with Crippen LogP contribution in [0.1, 0.15) is 58.3 Å². The van der Waals surface area contributed by atoms with Crippen LogP contribution in [0, 0.1) is 0 Å². The molecular weight excluding hydrogens is 286 g/mol. The van der Waals surface area contributed by atoms with Crippen LogP contribution < -0.4 is 0 Å². The number of hydrogen-bond donors (Lipinski definition) is 0. The molecule has 1 aliphatic carbocycles. The minimum absolute atomic E-state index is 0.762. The fourth-order valence-corrected chi connectivity index (χ4v) is 11.7. The van der Waals surface area contributed by atoms with Crippen molar-refractivity contribution >= 4 is 17.2 Å². The van der Waals surface area contributed by atoms with Crippen molar-refractivity contribution in [2.24, 2.45) is 0 Å². The summed E-state index contributed by atoms with van der Waals surface area (Å²) in [5, 5.41) is 0. The first-order valence-electron chi connectivity index (χ1n) is 9.05. The Hall–Kier alpha value is -0.286. The summed E-state index contributed by atoms with van der Waals surface area (Å²) < 4.78 is 2.90. The highest BCUT2D eigenvalue weighted by Crippen LogP contribution is 2.31. The first-order valence-corrected chi connectivity index (χ1v) is 15.3. The summed E-state index contributed by atoms with van der Waals surface area (Å²) in [7, 11) is -1.99. The van der Waals surface area contributed by atoms with E-state index in [9.17, 15) is 0 Å². The molecule has 0 bridgehead atoms. The van der Waals surface area contributed by atoms with Crippen LogP contribution >= 0.6 is 0 Å². The van der Waals surface area contributed by atoms with Crippen molar-refractivity contribution in [1.82, 2.24) is 4.23 Å². The van der Waals surface area contributed by atoms with Gasteiger partial charge in [-0.3, -0.25) is 0 Å². The summed E-state index contributed by atoms with van der Waals surface area (Å²) in [5.74, 6) is 0. The standard InChI is InChI=1S/C18H37NSi2/c1-7-8-9-10-11-12-14-17-15-13-16-18(17)19(20(2)3)21(4,5)6/h13,15,20H,7-12,14,16H2,1-6H3. The van der Waals surface area contributed by atoms with Crippen molar-refractivity contribution in [1.29, 1.82) is 0 Å². The van der Waals surface area contributed by atoms with Crippen LogP contribution in [0.15, 0.2) is 23.4 Å². The Balaban J connectivity index is 2.58. The third kappa shape index (κ3) is 6.15. The molecule has 0 aliphatic heterocycles. The molecule has 1 aliphatic rings. The van der Waals surface area contributed by atoms with E-state index in [0.717, 1.165) is 0 Å². The molecule has 0 aromatic rings. The second kappa shape index (κ2) is 8.99. The summed E-state index contributed by atoms with van der Waals surface area (Å²) in [6, 6.07) is 0. The third-order valence-electron chi connectivity index (χ3n) is 4.33. The molecular formula is C18H37NSi2. The van der Waals surface area contributed by atoms with Crippen LogP contribution in [0.4, 0.5) is 0 Å². The van der Waals surface area contributed by atoms with Crippen molar-refractivity contribution in [2.45, 2.75) is 91.0 Å². The van der Waals surface area contributed by atoms with Crippen LogP contribution in [0.2, 0.25) is 32.7 Å². The zero-order valence-corrected chi connectivity index (χ0v) is 17.5. The molecule has 0 unspecified atom stereocenters. The molecule has 3 heteroatoms. The maximum atomic E-state index is 2.90. The fraction of sp³-hybridized carbons (Fsp3) is 0.778. The molecule has 0 atom stereocenters. The third-order valence-corrected chi connectivity index (χ3v) is 11.3. The van der Waals surface area contributed by atoms with Crippen molar-refractivity contribution in [3.05, 3.63) is 23.4 Å². The molecule has 0 aromatic carbocycles. The molecule has 0 spiro atoms. The number of rotatable bonds is 10. The van der Waals surface area contributed by atoms with E-state index in [-0.39, 0.29) is 0 Å². The summed E-state index contributed by atoms with van der Waals surface area (Å²) in [6.07, 6.45) is 15.7. The molecule has 122 valence electrons. The van der Waals surface area contributed by atoms with Gasteiger partial charge in [-0.1, -0.05) is 83.9 Å².